The quantitative estimate of drug-likeness (QED) is 0.583. The van der Waals surface area contributed by atoms with Crippen LogP contribution in [-0.2, 0) is 7.05 Å². The molecule has 0 saturated heterocycles. The average Bonchev–Trinajstić information content (AvgIpc) is 2.42. The van der Waals surface area contributed by atoms with E-state index in [0.29, 0.717) is 0 Å². The third-order valence-corrected chi connectivity index (χ3v) is 2.29. The summed E-state index contributed by atoms with van der Waals surface area (Å²) in [4.78, 5) is 0. The number of rotatable bonds is 1. The van der Waals surface area contributed by atoms with E-state index >= 15 is 0 Å². The Kier molecular flexibility index (Phi) is 1.80. The number of hydrogen-bond acceptors (Lipinski definition) is 1. The van der Waals surface area contributed by atoms with Crippen molar-refractivity contribution in [3.63, 3.8) is 0 Å². The highest BCUT2D eigenvalue weighted by molar-refractivity contribution is 6.32. The molecule has 3 heteroatoms. The van der Waals surface area contributed by atoms with Crippen LogP contribution in [-0.4, -0.2) is 19.5 Å². The molecule has 0 aliphatic carbocycles. The highest BCUT2D eigenvalue weighted by Gasteiger charge is 2.01. The highest BCUT2D eigenvalue weighted by Crippen LogP contribution is 2.19. The van der Waals surface area contributed by atoms with Crippen LogP contribution in [0.2, 0.25) is 0 Å². The maximum atomic E-state index is 5.77. The zero-order valence-corrected chi connectivity index (χ0v) is 7.74. The maximum absolute atomic E-state index is 5.77. The van der Waals surface area contributed by atoms with Crippen LogP contribution in [0.5, 0.6) is 5.75 Å². The van der Waals surface area contributed by atoms with E-state index in [9.17, 15) is 0 Å². The average molecular weight is 171 g/mol. The summed E-state index contributed by atoms with van der Waals surface area (Å²) in [5, 5.41) is 1.11. The second-order valence-electron chi connectivity index (χ2n) is 3.05. The molecule has 0 amide bonds. The number of benzene rings is 1. The van der Waals surface area contributed by atoms with E-state index in [1.54, 1.807) is 7.11 Å². The van der Waals surface area contributed by atoms with Crippen LogP contribution in [0, 0.1) is 0 Å². The van der Waals surface area contributed by atoms with Gasteiger partial charge in [0.15, 0.2) is 0 Å². The van der Waals surface area contributed by atoms with Gasteiger partial charge in [-0.1, -0.05) is 0 Å². The lowest BCUT2D eigenvalue weighted by Gasteiger charge is -2.01. The minimum Gasteiger partial charge on any atom is -0.497 e. The van der Waals surface area contributed by atoms with Gasteiger partial charge in [0.25, 0.3) is 0 Å². The fourth-order valence-electron chi connectivity index (χ4n) is 1.48. The minimum absolute atomic E-state index is 0.767. The van der Waals surface area contributed by atoms with E-state index in [1.165, 1.54) is 0 Å². The second kappa shape index (κ2) is 2.84. The molecule has 0 atom stereocenters. The Hall–Kier alpha value is -1.38. The Bertz CT molecular complexity index is 447. The van der Waals surface area contributed by atoms with E-state index < -0.39 is 0 Å². The Morgan fingerprint density at radius 2 is 2.08 bits per heavy atom. The molecule has 0 unspecified atom stereocenters. The molecule has 1 aromatic carbocycles. The van der Waals surface area contributed by atoms with E-state index in [4.69, 9.17) is 12.6 Å². The number of aryl methyl sites for hydroxylation is 1. The number of fused-ring (bicyclic) bond motifs is 1. The molecular weight excluding hydrogens is 161 g/mol. The summed E-state index contributed by atoms with van der Waals surface area (Å²) in [6.45, 7) is 0. The fourth-order valence-corrected chi connectivity index (χ4v) is 1.48. The third kappa shape index (κ3) is 1.20. The molecular formula is C10H10BNO. The van der Waals surface area contributed by atoms with Crippen LogP contribution in [0.15, 0.2) is 24.3 Å². The smallest absolute Gasteiger partial charge is 0.138 e. The van der Waals surface area contributed by atoms with Gasteiger partial charge in [-0.15, -0.1) is 0 Å². The molecule has 0 saturated carbocycles. The first-order valence-electron chi connectivity index (χ1n) is 4.11. The van der Waals surface area contributed by atoms with Crippen molar-refractivity contribution < 1.29 is 4.74 Å². The summed E-state index contributed by atoms with van der Waals surface area (Å²) in [6, 6.07) is 7.86. The summed E-state index contributed by atoms with van der Waals surface area (Å²) in [5.41, 5.74) is 1.89. The van der Waals surface area contributed by atoms with Crippen LogP contribution < -0.4 is 10.3 Å². The molecule has 0 spiro atoms. The van der Waals surface area contributed by atoms with Crippen molar-refractivity contribution in [2.75, 3.05) is 7.11 Å². The van der Waals surface area contributed by atoms with Crippen LogP contribution in [0.25, 0.3) is 10.9 Å². The molecule has 64 valence electrons. The van der Waals surface area contributed by atoms with Gasteiger partial charge in [-0.25, -0.2) is 0 Å². The molecule has 0 aliphatic rings. The first-order valence-corrected chi connectivity index (χ1v) is 4.11. The van der Waals surface area contributed by atoms with Gasteiger partial charge in [0.2, 0.25) is 0 Å². The molecule has 2 rings (SSSR count). The van der Waals surface area contributed by atoms with Crippen LogP contribution >= 0.6 is 0 Å². The van der Waals surface area contributed by atoms with Gasteiger partial charge in [-0.05, 0) is 29.9 Å². The third-order valence-electron chi connectivity index (χ3n) is 2.29. The molecule has 0 N–H and O–H groups in total. The Balaban J connectivity index is 2.73. The van der Waals surface area contributed by atoms with Crippen LogP contribution in [0.4, 0.5) is 0 Å². The molecule has 0 bridgehead atoms. The first kappa shape index (κ1) is 8.23. The summed E-state index contributed by atoms with van der Waals surface area (Å²) >= 11 is 0. The van der Waals surface area contributed by atoms with Crippen molar-refractivity contribution in [2.24, 2.45) is 7.05 Å². The van der Waals surface area contributed by atoms with Crippen LogP contribution in [0.3, 0.4) is 0 Å². The summed E-state index contributed by atoms with van der Waals surface area (Å²) in [7, 11) is 9.38. The molecule has 2 nitrogen and oxygen atoms in total. The van der Waals surface area contributed by atoms with Crippen molar-refractivity contribution in [3.05, 3.63) is 24.3 Å². The van der Waals surface area contributed by atoms with Crippen molar-refractivity contribution in [3.8, 4) is 5.75 Å². The molecule has 0 fully saturated rings. The van der Waals surface area contributed by atoms with E-state index in [-0.39, 0.29) is 0 Å². The maximum Gasteiger partial charge on any atom is 0.138 e. The normalized spacial score (nSPS) is 10.6. The molecule has 1 heterocycles. The summed E-state index contributed by atoms with van der Waals surface area (Å²) < 4.78 is 7.07. The van der Waals surface area contributed by atoms with Crippen LogP contribution in [0.1, 0.15) is 0 Å². The van der Waals surface area contributed by atoms with E-state index in [0.717, 1.165) is 22.2 Å². The van der Waals surface area contributed by atoms with Gasteiger partial charge in [0.05, 0.1) is 7.11 Å². The van der Waals surface area contributed by atoms with Gasteiger partial charge in [-0.2, -0.15) is 0 Å². The lowest BCUT2D eigenvalue weighted by Crippen LogP contribution is -2.11. The number of aromatic nitrogens is 1. The van der Waals surface area contributed by atoms with Gasteiger partial charge < -0.3 is 9.30 Å². The monoisotopic (exact) mass is 171 g/mol. The molecule has 13 heavy (non-hydrogen) atoms. The number of hydrogen-bond donors (Lipinski definition) is 0. The van der Waals surface area contributed by atoms with Crippen molar-refractivity contribution >= 4 is 24.3 Å². The topological polar surface area (TPSA) is 14.2 Å². The standard InChI is InChI=1S/C10H10BNO/c1-12-9-4-3-8(13-2)5-7(9)6-10(12)11/h3-6H,1-2H3. The lowest BCUT2D eigenvalue weighted by atomic mass is 10.1. The van der Waals surface area contributed by atoms with Crippen molar-refractivity contribution in [1.82, 2.24) is 4.57 Å². The zero-order valence-electron chi connectivity index (χ0n) is 7.74. The number of nitrogens with zero attached hydrogens (tertiary/aromatic N) is 1. The first-order chi connectivity index (χ1) is 6.22. The van der Waals surface area contributed by atoms with Crippen molar-refractivity contribution in [2.45, 2.75) is 0 Å². The van der Waals surface area contributed by atoms with Gasteiger partial charge in [-0.3, -0.25) is 0 Å². The Morgan fingerprint density at radius 1 is 1.31 bits per heavy atom. The molecule has 1 aromatic heterocycles. The van der Waals surface area contributed by atoms with E-state index in [1.807, 2.05) is 35.9 Å². The fraction of sp³-hybridized carbons (Fsp3) is 0.200. The highest BCUT2D eigenvalue weighted by atomic mass is 16.5. The molecule has 2 aromatic rings. The van der Waals surface area contributed by atoms with Gasteiger partial charge in [0, 0.05) is 18.0 Å². The largest absolute Gasteiger partial charge is 0.497 e. The van der Waals surface area contributed by atoms with Crippen molar-refractivity contribution in [1.29, 1.82) is 0 Å². The Labute approximate surface area is 78.5 Å². The summed E-state index contributed by atoms with van der Waals surface area (Å²) in [6.07, 6.45) is 0. The van der Waals surface area contributed by atoms with Gasteiger partial charge in [0.1, 0.15) is 13.6 Å². The SMILES string of the molecule is [B]c1cc2cc(OC)ccc2n1C. The number of methoxy groups -OCH3 is 1. The number of ether oxygens (including phenoxy) is 1. The second-order valence-corrected chi connectivity index (χ2v) is 3.05. The molecule has 2 radical (unpaired) electrons. The Morgan fingerprint density at radius 3 is 2.77 bits per heavy atom. The predicted molar refractivity (Wildman–Crippen MR) is 54.9 cm³/mol. The zero-order chi connectivity index (χ0) is 9.42. The predicted octanol–water partition coefficient (Wildman–Crippen LogP) is 0.981. The lowest BCUT2D eigenvalue weighted by molar-refractivity contribution is 0.415. The minimum atomic E-state index is 0.767. The summed E-state index contributed by atoms with van der Waals surface area (Å²) in [5.74, 6) is 0.859. The van der Waals surface area contributed by atoms with E-state index in [2.05, 4.69) is 0 Å². The molecule has 0 aliphatic heterocycles. The van der Waals surface area contributed by atoms with Gasteiger partial charge >= 0.3 is 0 Å².